The van der Waals surface area contributed by atoms with Crippen molar-refractivity contribution in [3.63, 3.8) is 0 Å². The Kier molecular flexibility index (Phi) is 8.54. The van der Waals surface area contributed by atoms with Crippen molar-refractivity contribution in [1.82, 2.24) is 0 Å². The first-order chi connectivity index (χ1) is 28.6. The third-order valence-corrected chi connectivity index (χ3v) is 12.8. The zero-order chi connectivity index (χ0) is 40.5. The van der Waals surface area contributed by atoms with E-state index in [1.165, 1.54) is 54.6 Å². The number of para-hydroxylation sites is 4. The Bertz CT molecular complexity index is 2900. The first-order valence-corrected chi connectivity index (χ1v) is 20.9. The molecule has 0 bridgehead atoms. The Morgan fingerprint density at radius 2 is 0.780 bits per heavy atom. The quantitative estimate of drug-likeness (QED) is 0.156. The van der Waals surface area contributed by atoms with Gasteiger partial charge in [-0.3, -0.25) is 0 Å². The molecular weight excluding hydrogens is 713 g/mol. The summed E-state index contributed by atoms with van der Waals surface area (Å²) in [5.74, 6) is 0. The van der Waals surface area contributed by atoms with Crippen LogP contribution in [-0.4, -0.2) is 0 Å². The average Bonchev–Trinajstić information content (AvgIpc) is 3.57. The molecule has 0 aromatic heterocycles. The van der Waals surface area contributed by atoms with Crippen LogP contribution in [0.4, 0.5) is 34.1 Å². The molecule has 0 spiro atoms. The summed E-state index contributed by atoms with van der Waals surface area (Å²) in [6.45, 7) is 14.8. The van der Waals surface area contributed by atoms with Crippen LogP contribution in [0.15, 0.2) is 194 Å². The third-order valence-electron chi connectivity index (χ3n) is 12.8. The molecule has 2 nitrogen and oxygen atoms in total. The second kappa shape index (κ2) is 13.7. The lowest BCUT2D eigenvalue weighted by atomic mass is 9.49. The van der Waals surface area contributed by atoms with E-state index >= 15 is 0 Å². The fourth-order valence-electron chi connectivity index (χ4n) is 10.9. The SMILES string of the molecule is CC(C)(C)C1(C(C)(C)C)c2cc3cc(N(c4ccccc4)c4ccccc4)ccc3cc2-c2c1c1ccc(N(c3ccccc3)c3ccccc3)cc1c1ccccc21. The van der Waals surface area contributed by atoms with Gasteiger partial charge in [0.2, 0.25) is 0 Å². The molecule has 0 radical (unpaired) electrons. The molecular formula is C57H50N2. The summed E-state index contributed by atoms with van der Waals surface area (Å²) in [4.78, 5) is 4.75. The molecule has 0 amide bonds. The van der Waals surface area contributed by atoms with E-state index in [1.807, 2.05) is 0 Å². The fourth-order valence-corrected chi connectivity index (χ4v) is 10.9. The van der Waals surface area contributed by atoms with Gasteiger partial charge < -0.3 is 9.80 Å². The monoisotopic (exact) mass is 762 g/mol. The van der Waals surface area contributed by atoms with Crippen LogP contribution < -0.4 is 9.80 Å². The minimum atomic E-state index is -0.338. The van der Waals surface area contributed by atoms with Gasteiger partial charge in [-0.05, 0) is 150 Å². The van der Waals surface area contributed by atoms with Gasteiger partial charge in [-0.15, -0.1) is 0 Å². The average molecular weight is 763 g/mol. The van der Waals surface area contributed by atoms with E-state index in [0.29, 0.717) is 0 Å². The van der Waals surface area contributed by atoms with Crippen molar-refractivity contribution in [3.05, 3.63) is 205 Å². The zero-order valence-corrected chi connectivity index (χ0v) is 34.9. The normalized spacial score (nSPS) is 13.4. The Hall–Kier alpha value is -6.64. The van der Waals surface area contributed by atoms with Crippen molar-refractivity contribution in [2.24, 2.45) is 10.8 Å². The lowest BCUT2D eigenvalue weighted by Gasteiger charge is -2.53. The highest BCUT2D eigenvalue weighted by atomic mass is 15.1. The van der Waals surface area contributed by atoms with Crippen LogP contribution in [0.3, 0.4) is 0 Å². The molecule has 0 saturated heterocycles. The highest BCUT2D eigenvalue weighted by molar-refractivity contribution is 6.20. The van der Waals surface area contributed by atoms with Gasteiger partial charge in [-0.2, -0.15) is 0 Å². The summed E-state index contributed by atoms with van der Waals surface area (Å²) < 4.78 is 0. The van der Waals surface area contributed by atoms with Crippen molar-refractivity contribution in [2.75, 3.05) is 9.80 Å². The minimum Gasteiger partial charge on any atom is -0.310 e. The highest BCUT2D eigenvalue weighted by Crippen LogP contribution is 2.67. The Morgan fingerprint density at radius 3 is 1.27 bits per heavy atom. The summed E-state index contributed by atoms with van der Waals surface area (Å²) in [7, 11) is 0. The van der Waals surface area contributed by atoms with Crippen molar-refractivity contribution < 1.29 is 0 Å². The number of anilines is 6. The van der Waals surface area contributed by atoms with Crippen LogP contribution in [0.25, 0.3) is 43.4 Å². The van der Waals surface area contributed by atoms with E-state index < -0.39 is 0 Å². The molecule has 288 valence electrons. The second-order valence-electron chi connectivity index (χ2n) is 18.2. The molecule has 59 heavy (non-hydrogen) atoms. The number of hydrogen-bond acceptors (Lipinski definition) is 2. The first-order valence-electron chi connectivity index (χ1n) is 20.9. The van der Waals surface area contributed by atoms with Gasteiger partial charge in [0.25, 0.3) is 0 Å². The molecule has 2 heteroatoms. The molecule has 0 N–H and O–H groups in total. The molecule has 9 aromatic rings. The Labute approximate surface area is 349 Å². The van der Waals surface area contributed by atoms with E-state index in [-0.39, 0.29) is 16.2 Å². The Balaban J connectivity index is 1.26. The number of nitrogens with zero attached hydrogens (tertiary/aromatic N) is 2. The van der Waals surface area contributed by atoms with Crippen LogP contribution in [0, 0.1) is 10.8 Å². The molecule has 0 aliphatic heterocycles. The van der Waals surface area contributed by atoms with E-state index in [2.05, 4.69) is 245 Å². The largest absolute Gasteiger partial charge is 0.310 e. The molecule has 0 fully saturated rings. The standard InChI is InChI=1S/C57H50N2/c1-55(2,3)57(56(4,5)6)52-37-40-35-45(58(41-21-11-7-12-22-41)42-23-13-8-14-24-42)32-31-39(40)36-51(52)53-48-30-20-19-29-47(48)50-38-46(33-34-49(50)54(53)57)59(43-25-15-9-16-26-43)44-27-17-10-18-28-44/h7-38H,1-6H3. The number of hydrogen-bond donors (Lipinski definition) is 0. The molecule has 0 unspecified atom stereocenters. The highest BCUT2D eigenvalue weighted by Gasteiger charge is 2.58. The maximum absolute atomic E-state index is 2.56. The summed E-state index contributed by atoms with van der Waals surface area (Å²) in [6.07, 6.45) is 0. The van der Waals surface area contributed by atoms with E-state index in [1.54, 1.807) is 0 Å². The zero-order valence-electron chi connectivity index (χ0n) is 34.9. The summed E-state index contributed by atoms with van der Waals surface area (Å²) in [5.41, 5.74) is 11.8. The van der Waals surface area contributed by atoms with Crippen LogP contribution in [0.1, 0.15) is 52.7 Å². The van der Waals surface area contributed by atoms with Crippen molar-refractivity contribution in [1.29, 1.82) is 0 Å². The minimum absolute atomic E-state index is 0.148. The Morgan fingerprint density at radius 1 is 0.339 bits per heavy atom. The number of rotatable bonds is 6. The van der Waals surface area contributed by atoms with Gasteiger partial charge >= 0.3 is 0 Å². The lowest BCUT2D eigenvalue weighted by molar-refractivity contribution is 0.0965. The van der Waals surface area contributed by atoms with Crippen molar-refractivity contribution in [3.8, 4) is 11.1 Å². The topological polar surface area (TPSA) is 6.48 Å². The maximum Gasteiger partial charge on any atom is 0.0468 e. The van der Waals surface area contributed by atoms with Gasteiger partial charge in [-0.1, -0.05) is 151 Å². The van der Waals surface area contributed by atoms with Gasteiger partial charge in [0.05, 0.1) is 0 Å². The first kappa shape index (κ1) is 36.7. The lowest BCUT2D eigenvalue weighted by Crippen LogP contribution is -2.50. The number of benzene rings is 9. The van der Waals surface area contributed by atoms with Crippen molar-refractivity contribution in [2.45, 2.75) is 47.0 Å². The van der Waals surface area contributed by atoms with Crippen LogP contribution in [-0.2, 0) is 5.41 Å². The molecule has 10 rings (SSSR count). The molecule has 1 aliphatic rings. The maximum atomic E-state index is 2.56. The molecule has 0 heterocycles. The predicted octanol–water partition coefficient (Wildman–Crippen LogP) is 16.4. The van der Waals surface area contributed by atoms with Gasteiger partial charge in [0.1, 0.15) is 0 Å². The number of fused-ring (bicyclic) bond motifs is 9. The summed E-state index contributed by atoms with van der Waals surface area (Å²) >= 11 is 0. The predicted molar refractivity (Wildman–Crippen MR) is 253 cm³/mol. The molecule has 9 aromatic carbocycles. The second-order valence-corrected chi connectivity index (χ2v) is 18.2. The van der Waals surface area contributed by atoms with Crippen LogP contribution >= 0.6 is 0 Å². The van der Waals surface area contributed by atoms with E-state index in [4.69, 9.17) is 0 Å². The van der Waals surface area contributed by atoms with E-state index in [0.717, 1.165) is 34.1 Å². The fraction of sp³-hybridized carbons (Fsp3) is 0.158. The molecule has 0 atom stereocenters. The summed E-state index contributed by atoms with van der Waals surface area (Å²) in [5, 5.41) is 7.71. The van der Waals surface area contributed by atoms with E-state index in [9.17, 15) is 0 Å². The van der Waals surface area contributed by atoms with Gasteiger partial charge in [-0.25, -0.2) is 0 Å². The smallest absolute Gasteiger partial charge is 0.0468 e. The molecule has 1 aliphatic carbocycles. The van der Waals surface area contributed by atoms with Crippen LogP contribution in [0.5, 0.6) is 0 Å². The van der Waals surface area contributed by atoms with Gasteiger partial charge in [0.15, 0.2) is 0 Å². The third kappa shape index (κ3) is 5.69. The van der Waals surface area contributed by atoms with Crippen molar-refractivity contribution >= 4 is 66.4 Å². The van der Waals surface area contributed by atoms with Gasteiger partial charge in [0, 0.05) is 39.5 Å². The summed E-state index contributed by atoms with van der Waals surface area (Å²) in [6, 6.07) is 71.4. The van der Waals surface area contributed by atoms with Crippen LogP contribution in [0.2, 0.25) is 0 Å². The molecule has 0 saturated carbocycles.